The standard InChI is InChI=1S/C11H21N/c1-9(2)8-10(3)6-7-12-11-4-5-11/h10-12H,1,4-8H2,2-3H3. The van der Waals surface area contributed by atoms with E-state index < -0.39 is 0 Å². The summed E-state index contributed by atoms with van der Waals surface area (Å²) in [6.07, 6.45) is 5.28. The fourth-order valence-corrected chi connectivity index (χ4v) is 1.52. The smallest absolute Gasteiger partial charge is 0.00682 e. The van der Waals surface area contributed by atoms with Crippen LogP contribution in [0.4, 0.5) is 0 Å². The Morgan fingerprint density at radius 3 is 2.75 bits per heavy atom. The van der Waals surface area contributed by atoms with Crippen molar-refractivity contribution in [1.82, 2.24) is 5.32 Å². The number of rotatable bonds is 6. The van der Waals surface area contributed by atoms with Gasteiger partial charge in [-0.05, 0) is 45.1 Å². The molecule has 0 aromatic rings. The molecule has 1 atom stereocenters. The molecule has 1 N–H and O–H groups in total. The van der Waals surface area contributed by atoms with Gasteiger partial charge in [-0.3, -0.25) is 0 Å². The predicted octanol–water partition coefficient (Wildman–Crippen LogP) is 2.73. The van der Waals surface area contributed by atoms with Crippen LogP contribution in [0.25, 0.3) is 0 Å². The number of hydrogen-bond acceptors (Lipinski definition) is 1. The maximum Gasteiger partial charge on any atom is 0.00682 e. The number of nitrogens with one attached hydrogen (secondary N) is 1. The second-order valence-corrected chi connectivity index (χ2v) is 4.28. The highest BCUT2D eigenvalue weighted by molar-refractivity contribution is 4.89. The molecule has 0 heterocycles. The lowest BCUT2D eigenvalue weighted by Gasteiger charge is -2.11. The summed E-state index contributed by atoms with van der Waals surface area (Å²) >= 11 is 0. The van der Waals surface area contributed by atoms with Crippen LogP contribution in [0, 0.1) is 5.92 Å². The lowest BCUT2D eigenvalue weighted by molar-refractivity contribution is 0.496. The predicted molar refractivity (Wildman–Crippen MR) is 54.2 cm³/mol. The average molecular weight is 167 g/mol. The zero-order valence-corrected chi connectivity index (χ0v) is 8.40. The van der Waals surface area contributed by atoms with E-state index in [1.54, 1.807) is 0 Å². The van der Waals surface area contributed by atoms with Crippen LogP contribution in [0.15, 0.2) is 12.2 Å². The van der Waals surface area contributed by atoms with Gasteiger partial charge in [-0.25, -0.2) is 0 Å². The van der Waals surface area contributed by atoms with Gasteiger partial charge in [-0.1, -0.05) is 12.5 Å². The Kier molecular flexibility index (Phi) is 3.80. The monoisotopic (exact) mass is 167 g/mol. The Hall–Kier alpha value is -0.300. The Labute approximate surface area is 76.2 Å². The number of hydrogen-bond donors (Lipinski definition) is 1. The molecule has 1 fully saturated rings. The maximum atomic E-state index is 3.93. The van der Waals surface area contributed by atoms with Crippen molar-refractivity contribution in [3.8, 4) is 0 Å². The zero-order valence-electron chi connectivity index (χ0n) is 8.40. The summed E-state index contributed by atoms with van der Waals surface area (Å²) in [4.78, 5) is 0. The van der Waals surface area contributed by atoms with Crippen molar-refractivity contribution in [3.05, 3.63) is 12.2 Å². The maximum absolute atomic E-state index is 3.93. The van der Waals surface area contributed by atoms with Gasteiger partial charge in [-0.15, -0.1) is 6.58 Å². The van der Waals surface area contributed by atoms with Crippen molar-refractivity contribution in [1.29, 1.82) is 0 Å². The summed E-state index contributed by atoms with van der Waals surface area (Å²) in [6.45, 7) is 9.55. The third-order valence-corrected chi connectivity index (χ3v) is 2.34. The molecule has 0 bridgehead atoms. The molecule has 1 saturated carbocycles. The minimum absolute atomic E-state index is 0.800. The van der Waals surface area contributed by atoms with Crippen LogP contribution >= 0.6 is 0 Å². The molecule has 0 aromatic heterocycles. The summed E-state index contributed by atoms with van der Waals surface area (Å²) < 4.78 is 0. The van der Waals surface area contributed by atoms with E-state index in [4.69, 9.17) is 0 Å². The summed E-state index contributed by atoms with van der Waals surface area (Å²) in [7, 11) is 0. The third kappa shape index (κ3) is 4.55. The molecule has 0 aromatic carbocycles. The van der Waals surface area contributed by atoms with Crippen LogP contribution < -0.4 is 5.32 Å². The molecule has 1 heteroatoms. The van der Waals surface area contributed by atoms with E-state index in [1.165, 1.54) is 37.8 Å². The van der Waals surface area contributed by atoms with Crippen molar-refractivity contribution in [2.75, 3.05) is 6.54 Å². The molecule has 0 aliphatic heterocycles. The SMILES string of the molecule is C=C(C)CC(C)CCNC1CC1. The zero-order chi connectivity index (χ0) is 8.97. The van der Waals surface area contributed by atoms with Gasteiger partial charge in [0.1, 0.15) is 0 Å². The molecular formula is C11H21N. The molecule has 0 amide bonds. The summed E-state index contributed by atoms with van der Waals surface area (Å²) in [5.74, 6) is 0.800. The third-order valence-electron chi connectivity index (χ3n) is 2.34. The van der Waals surface area contributed by atoms with Crippen LogP contribution in [0.1, 0.15) is 39.5 Å². The van der Waals surface area contributed by atoms with Crippen LogP contribution in [0.3, 0.4) is 0 Å². The van der Waals surface area contributed by atoms with Crippen LogP contribution in [0.2, 0.25) is 0 Å². The van der Waals surface area contributed by atoms with Gasteiger partial charge in [-0.2, -0.15) is 0 Å². The minimum atomic E-state index is 0.800. The first-order chi connectivity index (χ1) is 5.68. The second kappa shape index (κ2) is 4.66. The first-order valence-corrected chi connectivity index (χ1v) is 5.06. The lowest BCUT2D eigenvalue weighted by atomic mass is 10.00. The van der Waals surface area contributed by atoms with E-state index in [0.29, 0.717) is 0 Å². The normalized spacial score (nSPS) is 19.2. The van der Waals surface area contributed by atoms with Gasteiger partial charge in [0.15, 0.2) is 0 Å². The van der Waals surface area contributed by atoms with Gasteiger partial charge in [0.2, 0.25) is 0 Å². The Morgan fingerprint density at radius 2 is 2.25 bits per heavy atom. The van der Waals surface area contributed by atoms with Crippen molar-refractivity contribution < 1.29 is 0 Å². The van der Waals surface area contributed by atoms with E-state index in [0.717, 1.165) is 12.0 Å². The molecule has 1 rings (SSSR count). The van der Waals surface area contributed by atoms with Crippen molar-refractivity contribution in [2.24, 2.45) is 5.92 Å². The Morgan fingerprint density at radius 1 is 1.58 bits per heavy atom. The second-order valence-electron chi connectivity index (χ2n) is 4.28. The van der Waals surface area contributed by atoms with Crippen LogP contribution in [-0.4, -0.2) is 12.6 Å². The molecule has 0 saturated heterocycles. The Balaban J connectivity index is 1.93. The van der Waals surface area contributed by atoms with E-state index in [1.807, 2.05) is 0 Å². The minimum Gasteiger partial charge on any atom is -0.314 e. The fourth-order valence-electron chi connectivity index (χ4n) is 1.52. The van der Waals surface area contributed by atoms with Gasteiger partial charge in [0, 0.05) is 6.04 Å². The van der Waals surface area contributed by atoms with Crippen LogP contribution in [0.5, 0.6) is 0 Å². The molecule has 1 nitrogen and oxygen atoms in total. The topological polar surface area (TPSA) is 12.0 Å². The highest BCUT2D eigenvalue weighted by atomic mass is 14.9. The van der Waals surface area contributed by atoms with Gasteiger partial charge in [0.05, 0.1) is 0 Å². The average Bonchev–Trinajstić information content (AvgIpc) is 2.69. The molecule has 0 radical (unpaired) electrons. The van der Waals surface area contributed by atoms with E-state index in [2.05, 4.69) is 25.7 Å². The van der Waals surface area contributed by atoms with Gasteiger partial charge >= 0.3 is 0 Å². The highest BCUT2D eigenvalue weighted by Crippen LogP contribution is 2.19. The van der Waals surface area contributed by atoms with E-state index in [-0.39, 0.29) is 0 Å². The fraction of sp³-hybridized carbons (Fsp3) is 0.818. The molecule has 70 valence electrons. The summed E-state index contributed by atoms with van der Waals surface area (Å²) in [6, 6.07) is 0.863. The van der Waals surface area contributed by atoms with Gasteiger partial charge < -0.3 is 5.32 Å². The van der Waals surface area contributed by atoms with Crippen molar-refractivity contribution in [3.63, 3.8) is 0 Å². The molecule has 1 unspecified atom stereocenters. The molecule has 12 heavy (non-hydrogen) atoms. The number of allylic oxidation sites excluding steroid dienone is 1. The first-order valence-electron chi connectivity index (χ1n) is 5.06. The summed E-state index contributed by atoms with van der Waals surface area (Å²) in [5, 5.41) is 3.53. The summed E-state index contributed by atoms with van der Waals surface area (Å²) in [5.41, 5.74) is 1.31. The molecule has 1 aliphatic rings. The largest absolute Gasteiger partial charge is 0.314 e. The molecule has 1 aliphatic carbocycles. The molecular weight excluding hydrogens is 146 g/mol. The lowest BCUT2D eigenvalue weighted by Crippen LogP contribution is -2.19. The quantitative estimate of drug-likeness (QED) is 0.600. The van der Waals surface area contributed by atoms with Crippen molar-refractivity contribution in [2.45, 2.75) is 45.6 Å². The Bertz CT molecular complexity index is 147. The van der Waals surface area contributed by atoms with Crippen LogP contribution in [-0.2, 0) is 0 Å². The van der Waals surface area contributed by atoms with E-state index in [9.17, 15) is 0 Å². The highest BCUT2D eigenvalue weighted by Gasteiger charge is 2.19. The first kappa shape index (κ1) is 9.79. The van der Waals surface area contributed by atoms with E-state index >= 15 is 0 Å². The van der Waals surface area contributed by atoms with Gasteiger partial charge in [0.25, 0.3) is 0 Å². The van der Waals surface area contributed by atoms with Crippen molar-refractivity contribution >= 4 is 0 Å². The molecule has 0 spiro atoms.